The lowest BCUT2D eigenvalue weighted by Gasteiger charge is -2.08. The minimum atomic E-state index is 0.447. The summed E-state index contributed by atoms with van der Waals surface area (Å²) in [5.41, 5.74) is 3.81. The van der Waals surface area contributed by atoms with Crippen molar-refractivity contribution in [1.29, 1.82) is 0 Å². The van der Waals surface area contributed by atoms with Gasteiger partial charge in [-0.15, -0.1) is 11.3 Å². The van der Waals surface area contributed by atoms with Gasteiger partial charge in [-0.1, -0.05) is 54.6 Å². The minimum Gasteiger partial charge on any atom is -0.308 e. The van der Waals surface area contributed by atoms with E-state index in [1.807, 2.05) is 17.5 Å². The standard InChI is InChI=1S/C19H18N2S/c1-2-7-14(8-3-1)15-9-4-5-10-16(15)18-13-21-19(22-18)17-11-6-12-20-17/h1-5,7-10,13,17,20H,6,11-12H2/t17-/m0/s1. The summed E-state index contributed by atoms with van der Waals surface area (Å²) in [6.07, 6.45) is 4.48. The second-order valence-corrected chi connectivity index (χ2v) is 6.69. The number of hydrogen-bond acceptors (Lipinski definition) is 3. The second kappa shape index (κ2) is 6.03. The summed E-state index contributed by atoms with van der Waals surface area (Å²) in [5, 5.41) is 4.75. The van der Waals surface area contributed by atoms with Gasteiger partial charge in [0.25, 0.3) is 0 Å². The minimum absolute atomic E-state index is 0.447. The lowest BCUT2D eigenvalue weighted by Crippen LogP contribution is -2.12. The lowest BCUT2D eigenvalue weighted by molar-refractivity contribution is 0.643. The van der Waals surface area contributed by atoms with Crippen molar-refractivity contribution >= 4 is 11.3 Å². The van der Waals surface area contributed by atoms with E-state index in [4.69, 9.17) is 0 Å². The van der Waals surface area contributed by atoms with E-state index in [-0.39, 0.29) is 0 Å². The summed E-state index contributed by atoms with van der Waals surface area (Å²) in [4.78, 5) is 5.92. The quantitative estimate of drug-likeness (QED) is 0.744. The predicted molar refractivity (Wildman–Crippen MR) is 93.0 cm³/mol. The van der Waals surface area contributed by atoms with Crippen LogP contribution in [0, 0.1) is 0 Å². The Labute approximate surface area is 134 Å². The Morgan fingerprint density at radius 2 is 1.73 bits per heavy atom. The molecule has 0 aliphatic carbocycles. The number of thiazole rings is 1. The summed E-state index contributed by atoms with van der Waals surface area (Å²) < 4.78 is 0. The fourth-order valence-corrected chi connectivity index (χ4v) is 4.10. The lowest BCUT2D eigenvalue weighted by atomic mass is 9.99. The Balaban J connectivity index is 1.74. The third-order valence-corrected chi connectivity index (χ3v) is 5.30. The van der Waals surface area contributed by atoms with Gasteiger partial charge in [0.2, 0.25) is 0 Å². The van der Waals surface area contributed by atoms with Gasteiger partial charge in [0.15, 0.2) is 0 Å². The zero-order valence-electron chi connectivity index (χ0n) is 12.3. The predicted octanol–water partition coefficient (Wildman–Crippen LogP) is 4.90. The first kappa shape index (κ1) is 13.7. The normalized spacial score (nSPS) is 17.7. The molecule has 1 fully saturated rings. The van der Waals surface area contributed by atoms with Crippen LogP contribution in [0.1, 0.15) is 23.9 Å². The highest BCUT2D eigenvalue weighted by Crippen LogP contribution is 2.37. The number of nitrogens with one attached hydrogen (secondary N) is 1. The van der Waals surface area contributed by atoms with E-state index >= 15 is 0 Å². The Morgan fingerprint density at radius 3 is 2.50 bits per heavy atom. The summed E-state index contributed by atoms with van der Waals surface area (Å²) in [7, 11) is 0. The van der Waals surface area contributed by atoms with Crippen molar-refractivity contribution in [2.45, 2.75) is 18.9 Å². The molecule has 0 amide bonds. The van der Waals surface area contributed by atoms with Crippen LogP contribution in [0.5, 0.6) is 0 Å². The molecule has 4 rings (SSSR count). The van der Waals surface area contributed by atoms with Crippen molar-refractivity contribution in [3.63, 3.8) is 0 Å². The van der Waals surface area contributed by atoms with Crippen LogP contribution in [-0.4, -0.2) is 11.5 Å². The Morgan fingerprint density at radius 1 is 0.955 bits per heavy atom. The monoisotopic (exact) mass is 306 g/mol. The maximum atomic E-state index is 4.67. The van der Waals surface area contributed by atoms with Gasteiger partial charge in [-0.05, 0) is 30.5 Å². The molecule has 0 spiro atoms. The van der Waals surface area contributed by atoms with Crippen LogP contribution in [0.2, 0.25) is 0 Å². The number of benzene rings is 2. The highest BCUT2D eigenvalue weighted by molar-refractivity contribution is 7.15. The van der Waals surface area contributed by atoms with Crippen molar-refractivity contribution in [3.8, 4) is 21.6 Å². The van der Waals surface area contributed by atoms with E-state index < -0.39 is 0 Å². The topological polar surface area (TPSA) is 24.9 Å². The molecule has 110 valence electrons. The van der Waals surface area contributed by atoms with Gasteiger partial charge < -0.3 is 5.32 Å². The van der Waals surface area contributed by atoms with Gasteiger partial charge in [0.05, 0.1) is 10.9 Å². The van der Waals surface area contributed by atoms with E-state index in [2.05, 4.69) is 64.9 Å². The van der Waals surface area contributed by atoms with Crippen LogP contribution in [0.4, 0.5) is 0 Å². The van der Waals surface area contributed by atoms with Gasteiger partial charge in [-0.2, -0.15) is 0 Å². The highest BCUT2D eigenvalue weighted by atomic mass is 32.1. The Kier molecular flexibility index (Phi) is 3.75. The Hall–Kier alpha value is -1.97. The van der Waals surface area contributed by atoms with Crippen molar-refractivity contribution < 1.29 is 0 Å². The number of nitrogens with zero attached hydrogens (tertiary/aromatic N) is 1. The third kappa shape index (κ3) is 2.58. The molecule has 2 heterocycles. The van der Waals surface area contributed by atoms with Crippen molar-refractivity contribution in [3.05, 3.63) is 65.8 Å². The molecule has 1 aliphatic heterocycles. The molecule has 22 heavy (non-hydrogen) atoms. The van der Waals surface area contributed by atoms with Crippen LogP contribution in [-0.2, 0) is 0 Å². The zero-order chi connectivity index (χ0) is 14.8. The molecule has 1 saturated heterocycles. The summed E-state index contributed by atoms with van der Waals surface area (Å²) in [6.45, 7) is 1.11. The second-order valence-electron chi connectivity index (χ2n) is 5.62. The average Bonchev–Trinajstić information content (AvgIpc) is 3.27. The number of aromatic nitrogens is 1. The molecule has 2 aromatic carbocycles. The zero-order valence-corrected chi connectivity index (χ0v) is 13.1. The van der Waals surface area contributed by atoms with Crippen LogP contribution in [0.25, 0.3) is 21.6 Å². The maximum Gasteiger partial charge on any atom is 0.110 e. The van der Waals surface area contributed by atoms with E-state index in [0.29, 0.717) is 6.04 Å². The fraction of sp³-hybridized carbons (Fsp3) is 0.211. The molecule has 0 radical (unpaired) electrons. The largest absolute Gasteiger partial charge is 0.308 e. The highest BCUT2D eigenvalue weighted by Gasteiger charge is 2.20. The van der Waals surface area contributed by atoms with Crippen molar-refractivity contribution in [2.24, 2.45) is 0 Å². The first-order valence-electron chi connectivity index (χ1n) is 7.76. The Bertz CT molecular complexity index is 758. The maximum absolute atomic E-state index is 4.67. The molecule has 0 unspecified atom stereocenters. The SMILES string of the molecule is c1ccc(-c2ccccc2-c2cnc([C@@H]3CCCN3)s2)cc1. The molecule has 1 aliphatic rings. The molecule has 0 saturated carbocycles. The molecule has 2 nitrogen and oxygen atoms in total. The fourth-order valence-electron chi connectivity index (χ4n) is 3.04. The summed E-state index contributed by atoms with van der Waals surface area (Å²) in [6, 6.07) is 19.6. The average molecular weight is 306 g/mol. The number of hydrogen-bond donors (Lipinski definition) is 1. The smallest absolute Gasteiger partial charge is 0.110 e. The van der Waals surface area contributed by atoms with Crippen molar-refractivity contribution in [2.75, 3.05) is 6.54 Å². The van der Waals surface area contributed by atoms with E-state index in [1.165, 1.54) is 39.4 Å². The number of rotatable bonds is 3. The van der Waals surface area contributed by atoms with Crippen molar-refractivity contribution in [1.82, 2.24) is 10.3 Å². The summed E-state index contributed by atoms with van der Waals surface area (Å²) in [5.74, 6) is 0. The van der Waals surface area contributed by atoms with E-state index in [0.717, 1.165) is 6.54 Å². The van der Waals surface area contributed by atoms with Gasteiger partial charge >= 0.3 is 0 Å². The molecule has 0 bridgehead atoms. The molecule has 3 aromatic rings. The van der Waals surface area contributed by atoms with Crippen LogP contribution in [0.3, 0.4) is 0 Å². The molecule has 1 N–H and O–H groups in total. The first-order valence-corrected chi connectivity index (χ1v) is 8.57. The van der Waals surface area contributed by atoms with Gasteiger partial charge in [-0.25, -0.2) is 4.98 Å². The molecular weight excluding hydrogens is 288 g/mol. The summed E-state index contributed by atoms with van der Waals surface area (Å²) >= 11 is 1.82. The molecule has 3 heteroatoms. The van der Waals surface area contributed by atoms with Crippen LogP contribution < -0.4 is 5.32 Å². The van der Waals surface area contributed by atoms with Gasteiger partial charge in [0.1, 0.15) is 5.01 Å². The molecular formula is C19H18N2S. The van der Waals surface area contributed by atoms with E-state index in [9.17, 15) is 0 Å². The third-order valence-electron chi connectivity index (χ3n) is 4.16. The van der Waals surface area contributed by atoms with Gasteiger partial charge in [0, 0.05) is 11.8 Å². The van der Waals surface area contributed by atoms with Crippen LogP contribution in [0.15, 0.2) is 60.8 Å². The molecule has 1 aromatic heterocycles. The van der Waals surface area contributed by atoms with E-state index in [1.54, 1.807) is 0 Å². The van der Waals surface area contributed by atoms with Crippen LogP contribution >= 0.6 is 11.3 Å². The van der Waals surface area contributed by atoms with Gasteiger partial charge in [-0.3, -0.25) is 0 Å². The molecule has 1 atom stereocenters. The first-order chi connectivity index (χ1) is 10.9.